The van der Waals surface area contributed by atoms with Gasteiger partial charge < -0.3 is 14.8 Å². The lowest BCUT2D eigenvalue weighted by Gasteiger charge is -2.41. The summed E-state index contributed by atoms with van der Waals surface area (Å²) in [5.74, 6) is -2.19. The van der Waals surface area contributed by atoms with Crippen LogP contribution in [0.5, 0.6) is 0 Å². The first-order valence-corrected chi connectivity index (χ1v) is 15.7. The molecule has 1 aliphatic carbocycles. The van der Waals surface area contributed by atoms with Gasteiger partial charge in [-0.05, 0) is 30.4 Å². The number of alkyl halides is 3. The normalized spacial score (nSPS) is 18.1. The number of thiazole rings is 1. The number of hydrogen-bond acceptors (Lipinski definition) is 7. The van der Waals surface area contributed by atoms with Gasteiger partial charge in [0.25, 0.3) is 0 Å². The van der Waals surface area contributed by atoms with Crippen molar-refractivity contribution < 1.29 is 26.7 Å². The van der Waals surface area contributed by atoms with Crippen LogP contribution in [0.1, 0.15) is 24.8 Å². The molecule has 1 saturated heterocycles. The van der Waals surface area contributed by atoms with Gasteiger partial charge in [-0.2, -0.15) is 18.2 Å². The van der Waals surface area contributed by atoms with Crippen molar-refractivity contribution in [3.8, 4) is 11.1 Å². The van der Waals surface area contributed by atoms with Gasteiger partial charge in [0.15, 0.2) is 0 Å². The molecule has 1 amide bonds. The largest absolute Gasteiger partial charge is 0.417 e. The number of piperazine rings is 1. The summed E-state index contributed by atoms with van der Waals surface area (Å²) in [6.45, 7) is 4.65. The number of anilines is 1. The quantitative estimate of drug-likeness (QED) is 0.237. The van der Waals surface area contributed by atoms with Crippen LogP contribution in [0.3, 0.4) is 0 Å². The Hall–Kier alpha value is -3.72. The smallest absolute Gasteiger partial charge is 0.352 e. The van der Waals surface area contributed by atoms with Crippen molar-refractivity contribution in [3.05, 3.63) is 62.1 Å². The number of amides is 1. The lowest BCUT2D eigenvalue weighted by Crippen LogP contribution is -2.49. The minimum atomic E-state index is -5.00. The van der Waals surface area contributed by atoms with E-state index < -0.39 is 45.1 Å². The first kappa shape index (κ1) is 29.0. The number of hydrogen-bond donors (Lipinski definition) is 1. The molecule has 2 fully saturated rings. The van der Waals surface area contributed by atoms with Crippen molar-refractivity contribution >= 4 is 55.9 Å². The van der Waals surface area contributed by atoms with Crippen LogP contribution in [-0.2, 0) is 17.5 Å². The Labute approximate surface area is 254 Å². The van der Waals surface area contributed by atoms with E-state index in [9.17, 15) is 18.8 Å². The number of halogens is 5. The van der Waals surface area contributed by atoms with Crippen molar-refractivity contribution in [2.75, 3.05) is 36.8 Å². The van der Waals surface area contributed by atoms with Gasteiger partial charge in [0.1, 0.15) is 17.5 Å². The zero-order chi connectivity index (χ0) is 31.1. The lowest BCUT2D eigenvalue weighted by molar-refractivity contribution is -0.137. The molecule has 2 aromatic carbocycles. The number of benzene rings is 2. The van der Waals surface area contributed by atoms with Gasteiger partial charge in [-0.15, -0.1) is 11.8 Å². The maximum Gasteiger partial charge on any atom is 0.417 e. The number of H-pyrrole nitrogens is 1. The van der Waals surface area contributed by atoms with Gasteiger partial charge in [-0.3, -0.25) is 14.2 Å². The van der Waals surface area contributed by atoms with Crippen LogP contribution >= 0.6 is 23.1 Å². The molecule has 15 heteroatoms. The molecule has 44 heavy (non-hydrogen) atoms. The number of rotatable bonds is 3. The minimum Gasteiger partial charge on any atom is -0.352 e. The van der Waals surface area contributed by atoms with Gasteiger partial charge >= 0.3 is 16.7 Å². The van der Waals surface area contributed by atoms with E-state index in [1.807, 2.05) is 0 Å². The second kappa shape index (κ2) is 10.2. The zero-order valence-electron chi connectivity index (χ0n) is 23.0. The van der Waals surface area contributed by atoms with E-state index in [4.69, 9.17) is 0 Å². The average molecular weight is 650 g/mol. The molecule has 2 aliphatic heterocycles. The number of aromatic amines is 1. The van der Waals surface area contributed by atoms with E-state index in [0.717, 1.165) is 37.1 Å². The maximum absolute atomic E-state index is 15.7. The predicted octanol–water partition coefficient (Wildman–Crippen LogP) is 5.37. The van der Waals surface area contributed by atoms with E-state index in [2.05, 4.69) is 16.5 Å². The highest BCUT2D eigenvalue weighted by molar-refractivity contribution is 7.99. The van der Waals surface area contributed by atoms with E-state index >= 15 is 17.6 Å². The minimum absolute atomic E-state index is 0.0266. The molecule has 230 valence electrons. The fourth-order valence-corrected chi connectivity index (χ4v) is 8.83. The number of nitrogens with one attached hydrogen (secondary N) is 1. The molecule has 1 saturated carbocycles. The number of carbonyl (C=O) groups is 1. The van der Waals surface area contributed by atoms with E-state index in [0.29, 0.717) is 23.2 Å². The zero-order valence-corrected chi connectivity index (χ0v) is 24.7. The molecule has 0 bridgehead atoms. The van der Waals surface area contributed by atoms with Crippen molar-refractivity contribution in [1.29, 1.82) is 0 Å². The van der Waals surface area contributed by atoms with Crippen LogP contribution in [0.25, 0.3) is 32.2 Å². The van der Waals surface area contributed by atoms with Crippen LogP contribution in [0.4, 0.5) is 27.8 Å². The Morgan fingerprint density at radius 1 is 1.07 bits per heavy atom. The van der Waals surface area contributed by atoms with Gasteiger partial charge in [0.05, 0.1) is 21.3 Å². The number of thioether (sulfide) groups is 1. The highest BCUT2D eigenvalue weighted by Gasteiger charge is 2.44. The standard InChI is InChI=1S/C29H24F5N5O3S2/c1-2-18(40)37-6-8-38(9-7-37)25-14-10-15(29(32,33)34)19(20-16(30)11-17(31)23-21(20)35-27(42)44-23)24-22(14)39(26(41)36-25)12-28(13-43-24)4-3-5-28/h2,10-11H,1,3-9,12-13H2,(H,35,42). The SMILES string of the molecule is C=CC(=O)N1CCN(c2nc(=O)n3c4c(c(-c5c(F)cc(F)c6sc(=O)[nH]c56)c(C(F)(F)F)cc24)SCC2(CCC2)C3)CC1. The van der Waals surface area contributed by atoms with Crippen LogP contribution in [0, 0.1) is 17.0 Å². The molecule has 0 atom stereocenters. The summed E-state index contributed by atoms with van der Waals surface area (Å²) in [4.78, 5) is 47.2. The average Bonchev–Trinajstić information content (AvgIpc) is 3.25. The Morgan fingerprint density at radius 2 is 1.80 bits per heavy atom. The van der Waals surface area contributed by atoms with Crippen molar-refractivity contribution in [2.45, 2.75) is 36.9 Å². The summed E-state index contributed by atoms with van der Waals surface area (Å²) in [6.07, 6.45) is -1.39. The predicted molar refractivity (Wildman–Crippen MR) is 158 cm³/mol. The Bertz CT molecular complexity index is 2010. The maximum atomic E-state index is 15.7. The summed E-state index contributed by atoms with van der Waals surface area (Å²) in [5, 5.41) is 0.0700. The third kappa shape index (κ3) is 4.45. The summed E-state index contributed by atoms with van der Waals surface area (Å²) >= 11 is 1.56. The summed E-state index contributed by atoms with van der Waals surface area (Å²) < 4.78 is 76.7. The molecule has 4 aromatic rings. The number of carbonyl (C=O) groups excluding carboxylic acids is 1. The van der Waals surface area contributed by atoms with Crippen molar-refractivity contribution in [2.24, 2.45) is 5.41 Å². The molecular formula is C29H24F5N5O3S2. The van der Waals surface area contributed by atoms with E-state index in [1.165, 1.54) is 10.6 Å². The molecule has 1 N–H and O–H groups in total. The van der Waals surface area contributed by atoms with E-state index in [1.54, 1.807) is 9.80 Å². The fraction of sp³-hybridized carbons (Fsp3) is 0.379. The van der Waals surface area contributed by atoms with Crippen LogP contribution < -0.4 is 15.5 Å². The molecule has 1 spiro atoms. The molecule has 3 aliphatic rings. The summed E-state index contributed by atoms with van der Waals surface area (Å²) in [7, 11) is 0. The van der Waals surface area contributed by atoms with Crippen molar-refractivity contribution in [1.82, 2.24) is 19.4 Å². The number of aromatic nitrogens is 3. The molecule has 8 nitrogen and oxygen atoms in total. The first-order chi connectivity index (χ1) is 20.9. The topological polar surface area (TPSA) is 91.3 Å². The fourth-order valence-electron chi connectivity index (χ4n) is 6.53. The monoisotopic (exact) mass is 649 g/mol. The molecule has 0 radical (unpaired) electrons. The van der Waals surface area contributed by atoms with Crippen LogP contribution in [0.15, 0.2) is 39.3 Å². The van der Waals surface area contributed by atoms with Gasteiger partial charge in [0.2, 0.25) is 5.91 Å². The third-order valence-electron chi connectivity index (χ3n) is 8.86. The Morgan fingerprint density at radius 3 is 2.43 bits per heavy atom. The lowest BCUT2D eigenvalue weighted by atomic mass is 9.70. The van der Waals surface area contributed by atoms with Gasteiger partial charge in [-0.1, -0.05) is 24.3 Å². The number of nitrogens with zero attached hydrogens (tertiary/aromatic N) is 4. The second-order valence-corrected chi connectivity index (χ2v) is 13.4. The molecule has 0 unspecified atom stereocenters. The first-order valence-electron chi connectivity index (χ1n) is 13.9. The molecule has 2 aromatic heterocycles. The van der Waals surface area contributed by atoms with Crippen molar-refractivity contribution in [3.63, 3.8) is 0 Å². The molecular weight excluding hydrogens is 625 g/mol. The van der Waals surface area contributed by atoms with E-state index in [-0.39, 0.29) is 75.9 Å². The summed E-state index contributed by atoms with van der Waals surface area (Å²) in [6, 6.07) is 1.37. The summed E-state index contributed by atoms with van der Waals surface area (Å²) in [5.41, 5.74) is -3.49. The highest BCUT2D eigenvalue weighted by Crippen LogP contribution is 2.54. The molecule has 7 rings (SSSR count). The van der Waals surface area contributed by atoms with Gasteiger partial charge in [-0.25, -0.2) is 13.6 Å². The molecule has 4 heterocycles. The van der Waals surface area contributed by atoms with Crippen LogP contribution in [-0.4, -0.2) is 57.3 Å². The van der Waals surface area contributed by atoms with Gasteiger partial charge in [0, 0.05) is 66.0 Å². The Kier molecular flexibility index (Phi) is 6.70. The second-order valence-electron chi connectivity index (χ2n) is 11.4. The number of fused-ring (bicyclic) bond motifs is 1. The third-order valence-corrected chi connectivity index (χ3v) is 11.2. The van der Waals surface area contributed by atoms with Crippen LogP contribution in [0.2, 0.25) is 0 Å². The highest BCUT2D eigenvalue weighted by atomic mass is 32.2. The Balaban J connectivity index is 1.56.